The molecule has 0 aliphatic rings. The number of phenols is 1. The number of non-ortho nitro benzene ring substituents is 1. The third-order valence-electron chi connectivity index (χ3n) is 2.80. The van der Waals surface area contributed by atoms with Gasteiger partial charge in [0.25, 0.3) is 5.69 Å². The van der Waals surface area contributed by atoms with Crippen LogP contribution in [-0.4, -0.2) is 16.2 Å². The van der Waals surface area contributed by atoms with Crippen molar-refractivity contribution in [3.05, 3.63) is 61.1 Å². The molecule has 5 nitrogen and oxygen atoms in total. The minimum absolute atomic E-state index is 0.107. The van der Waals surface area contributed by atoms with Gasteiger partial charge in [-0.15, -0.1) is 0 Å². The van der Waals surface area contributed by atoms with Crippen LogP contribution in [0.2, 0.25) is 5.02 Å². The van der Waals surface area contributed by atoms with Crippen LogP contribution in [0.5, 0.6) is 5.75 Å². The molecule has 21 heavy (non-hydrogen) atoms. The number of hydrogen-bond acceptors (Lipinski definition) is 4. The Labute approximate surface area is 134 Å². The molecule has 0 fully saturated rings. The highest BCUT2D eigenvalue weighted by Gasteiger charge is 2.13. The van der Waals surface area contributed by atoms with Crippen molar-refractivity contribution < 1.29 is 10.0 Å². The monoisotopic (exact) mass is 368 g/mol. The zero-order valence-corrected chi connectivity index (χ0v) is 13.2. The van der Waals surface area contributed by atoms with E-state index in [1.165, 1.54) is 18.3 Å². The van der Waals surface area contributed by atoms with Gasteiger partial charge in [0.15, 0.2) is 0 Å². The Balaban J connectivity index is 2.45. The molecule has 7 heteroatoms. The van der Waals surface area contributed by atoms with E-state index in [4.69, 9.17) is 11.6 Å². The van der Waals surface area contributed by atoms with Crippen LogP contribution in [0.4, 0.5) is 11.4 Å². The van der Waals surface area contributed by atoms with Gasteiger partial charge in [0.2, 0.25) is 0 Å². The van der Waals surface area contributed by atoms with Gasteiger partial charge >= 0.3 is 0 Å². The molecule has 0 aliphatic heterocycles. The molecule has 0 radical (unpaired) electrons. The highest BCUT2D eigenvalue weighted by molar-refractivity contribution is 9.10. The number of aliphatic imine (C=N–C) groups is 1. The summed E-state index contributed by atoms with van der Waals surface area (Å²) >= 11 is 8.98. The Kier molecular flexibility index (Phi) is 4.59. The van der Waals surface area contributed by atoms with E-state index in [9.17, 15) is 15.2 Å². The summed E-state index contributed by atoms with van der Waals surface area (Å²) < 4.78 is 0.237. The van der Waals surface area contributed by atoms with Gasteiger partial charge in [-0.3, -0.25) is 15.1 Å². The Morgan fingerprint density at radius 3 is 2.76 bits per heavy atom. The summed E-state index contributed by atoms with van der Waals surface area (Å²) in [6.07, 6.45) is 1.37. The van der Waals surface area contributed by atoms with Crippen LogP contribution in [0, 0.1) is 17.0 Å². The molecule has 0 bridgehead atoms. The first-order chi connectivity index (χ1) is 9.88. The maximum absolute atomic E-state index is 10.8. The molecule has 1 N–H and O–H groups in total. The second-order valence-electron chi connectivity index (χ2n) is 4.31. The minimum atomic E-state index is -0.536. The van der Waals surface area contributed by atoms with Crippen LogP contribution in [0.1, 0.15) is 11.1 Å². The van der Waals surface area contributed by atoms with E-state index >= 15 is 0 Å². The Hall–Kier alpha value is -1.92. The number of nitro groups is 1. The maximum atomic E-state index is 10.8. The van der Waals surface area contributed by atoms with Crippen molar-refractivity contribution in [1.82, 2.24) is 0 Å². The SMILES string of the molecule is Cc1ccc(Cl)cc1N=Cc1cc([N+](=O)[O-])cc(Br)c1O. The topological polar surface area (TPSA) is 75.7 Å². The second kappa shape index (κ2) is 6.24. The number of halogens is 2. The Morgan fingerprint density at radius 2 is 2.10 bits per heavy atom. The molecule has 0 spiro atoms. The van der Waals surface area contributed by atoms with E-state index in [0.717, 1.165) is 5.56 Å². The van der Waals surface area contributed by atoms with Crippen LogP contribution < -0.4 is 0 Å². The van der Waals surface area contributed by atoms with Gasteiger partial charge in [-0.1, -0.05) is 17.7 Å². The summed E-state index contributed by atoms with van der Waals surface area (Å²) in [4.78, 5) is 14.5. The first kappa shape index (κ1) is 15.5. The van der Waals surface area contributed by atoms with Crippen molar-refractivity contribution in [2.75, 3.05) is 0 Å². The number of nitrogens with zero attached hydrogens (tertiary/aromatic N) is 2. The van der Waals surface area contributed by atoms with Gasteiger partial charge in [-0.25, -0.2) is 0 Å². The first-order valence-corrected chi connectivity index (χ1v) is 7.02. The Morgan fingerprint density at radius 1 is 1.38 bits per heavy atom. The number of aromatic hydroxyl groups is 1. The number of phenolic OH excluding ortho intramolecular Hbond substituents is 1. The highest BCUT2D eigenvalue weighted by Crippen LogP contribution is 2.32. The van der Waals surface area contributed by atoms with Gasteiger partial charge in [0, 0.05) is 28.9 Å². The van der Waals surface area contributed by atoms with Crippen LogP contribution in [0.25, 0.3) is 0 Å². The molecule has 0 aliphatic carbocycles. The Bertz CT molecular complexity index is 747. The molecule has 2 aromatic rings. The quantitative estimate of drug-likeness (QED) is 0.481. The van der Waals surface area contributed by atoms with Crippen molar-refractivity contribution in [2.45, 2.75) is 6.92 Å². The summed E-state index contributed by atoms with van der Waals surface area (Å²) in [5.74, 6) is -0.107. The lowest BCUT2D eigenvalue weighted by molar-refractivity contribution is -0.385. The highest BCUT2D eigenvalue weighted by atomic mass is 79.9. The average Bonchev–Trinajstić information content (AvgIpc) is 2.43. The van der Waals surface area contributed by atoms with Crippen LogP contribution in [0.15, 0.2) is 39.8 Å². The maximum Gasteiger partial charge on any atom is 0.271 e. The van der Waals surface area contributed by atoms with Crippen molar-refractivity contribution in [3.63, 3.8) is 0 Å². The van der Waals surface area contributed by atoms with E-state index in [1.807, 2.05) is 13.0 Å². The molecular weight excluding hydrogens is 360 g/mol. The van der Waals surface area contributed by atoms with Crippen molar-refractivity contribution in [2.24, 2.45) is 4.99 Å². The summed E-state index contributed by atoms with van der Waals surface area (Å²) in [5, 5.41) is 21.3. The number of aryl methyl sites for hydroxylation is 1. The third kappa shape index (κ3) is 3.59. The van der Waals surface area contributed by atoms with Gasteiger partial charge in [-0.05, 0) is 40.5 Å². The van der Waals surface area contributed by atoms with Crippen molar-refractivity contribution in [1.29, 1.82) is 0 Å². The summed E-state index contributed by atoms with van der Waals surface area (Å²) in [7, 11) is 0. The zero-order valence-electron chi connectivity index (χ0n) is 10.9. The molecular formula is C14H10BrClN2O3. The van der Waals surface area contributed by atoms with E-state index in [2.05, 4.69) is 20.9 Å². The molecule has 0 saturated heterocycles. The fourth-order valence-electron chi connectivity index (χ4n) is 1.67. The van der Waals surface area contributed by atoms with Gasteiger partial charge in [-0.2, -0.15) is 0 Å². The molecule has 0 atom stereocenters. The fourth-order valence-corrected chi connectivity index (χ4v) is 2.30. The molecule has 2 aromatic carbocycles. The van der Waals surface area contributed by atoms with Gasteiger partial charge in [0.05, 0.1) is 15.1 Å². The number of nitro benzene ring substituents is 1. The molecule has 0 amide bonds. The largest absolute Gasteiger partial charge is 0.506 e. The van der Waals surface area contributed by atoms with Crippen molar-refractivity contribution in [3.8, 4) is 5.75 Å². The molecule has 108 valence electrons. The summed E-state index contributed by atoms with van der Waals surface area (Å²) in [6.45, 7) is 1.87. The number of rotatable bonds is 3. The van der Waals surface area contributed by atoms with E-state index in [-0.39, 0.29) is 21.5 Å². The fraction of sp³-hybridized carbons (Fsp3) is 0.0714. The second-order valence-corrected chi connectivity index (χ2v) is 5.60. The van der Waals surface area contributed by atoms with E-state index < -0.39 is 4.92 Å². The molecule has 0 saturated carbocycles. The predicted octanol–water partition coefficient (Wildman–Crippen LogP) is 4.78. The van der Waals surface area contributed by atoms with E-state index in [1.54, 1.807) is 12.1 Å². The number of hydrogen-bond donors (Lipinski definition) is 1. The van der Waals surface area contributed by atoms with E-state index in [0.29, 0.717) is 10.7 Å². The minimum Gasteiger partial charge on any atom is -0.506 e. The van der Waals surface area contributed by atoms with Crippen molar-refractivity contribution >= 4 is 45.1 Å². The lowest BCUT2D eigenvalue weighted by Gasteiger charge is -2.03. The standard InChI is InChI=1S/C14H10BrClN2O3/c1-8-2-3-10(16)5-13(8)17-7-9-4-11(18(20)21)6-12(15)14(9)19/h2-7,19H,1H3. The molecule has 0 unspecified atom stereocenters. The normalized spacial score (nSPS) is 11.0. The first-order valence-electron chi connectivity index (χ1n) is 5.85. The number of benzene rings is 2. The lowest BCUT2D eigenvalue weighted by atomic mass is 10.2. The summed E-state index contributed by atoms with van der Waals surface area (Å²) in [5.41, 5.74) is 1.64. The van der Waals surface area contributed by atoms with Gasteiger partial charge < -0.3 is 5.11 Å². The van der Waals surface area contributed by atoms with Crippen LogP contribution >= 0.6 is 27.5 Å². The zero-order chi connectivity index (χ0) is 15.6. The predicted molar refractivity (Wildman–Crippen MR) is 85.9 cm³/mol. The van der Waals surface area contributed by atoms with Gasteiger partial charge in [0.1, 0.15) is 5.75 Å². The smallest absolute Gasteiger partial charge is 0.271 e. The lowest BCUT2D eigenvalue weighted by Crippen LogP contribution is -1.92. The average molecular weight is 370 g/mol. The molecule has 2 rings (SSSR count). The van der Waals surface area contributed by atoms with Crippen LogP contribution in [-0.2, 0) is 0 Å². The van der Waals surface area contributed by atoms with Crippen LogP contribution in [0.3, 0.4) is 0 Å². The third-order valence-corrected chi connectivity index (χ3v) is 3.64. The summed E-state index contributed by atoms with van der Waals surface area (Å²) in [6, 6.07) is 7.73. The molecule has 0 heterocycles. The molecule has 0 aromatic heterocycles.